The van der Waals surface area contributed by atoms with Crippen molar-refractivity contribution in [3.05, 3.63) is 65.4 Å². The van der Waals surface area contributed by atoms with Crippen LogP contribution in [0.15, 0.2) is 54.2 Å². The van der Waals surface area contributed by atoms with E-state index >= 15 is 0 Å². The molecule has 0 radical (unpaired) electrons. The monoisotopic (exact) mass is 426 g/mol. The molecule has 0 unspecified atom stereocenters. The predicted molar refractivity (Wildman–Crippen MR) is 116 cm³/mol. The number of carbonyl (C=O) groups excluding carboxylic acids is 1. The minimum atomic E-state index is -0.905. The summed E-state index contributed by atoms with van der Waals surface area (Å²) in [6, 6.07) is 15.2. The van der Waals surface area contributed by atoms with Gasteiger partial charge in [0.1, 0.15) is 12.3 Å². The van der Waals surface area contributed by atoms with Gasteiger partial charge in [-0.2, -0.15) is 0 Å². The summed E-state index contributed by atoms with van der Waals surface area (Å²) in [4.78, 5) is 24.6. The number of methoxy groups -OCH3 is 1. The Morgan fingerprint density at radius 2 is 1.97 bits per heavy atom. The van der Waals surface area contributed by atoms with Crippen molar-refractivity contribution in [2.75, 3.05) is 13.7 Å². The number of amides is 1. The summed E-state index contributed by atoms with van der Waals surface area (Å²) in [5, 5.41) is 11.9. The second kappa shape index (κ2) is 9.89. The number of hydrogen-bond acceptors (Lipinski definition) is 5. The molecule has 2 aromatic rings. The standard InChI is InChI=1S/C22H22N2O5S/c1-28-19-13-16(9-10-18(19)29-14-15-6-3-2-4-7-15)12-17-21(27)24(22(30)23-17)11-5-8-20(25)26/h2-4,6-7,9-10,12-13H,5,8,11,14H2,1H3,(H,23,30)(H,25,26). The van der Waals surface area contributed by atoms with E-state index in [1.54, 1.807) is 25.3 Å². The zero-order valence-corrected chi connectivity index (χ0v) is 17.3. The van der Waals surface area contributed by atoms with E-state index < -0.39 is 5.97 Å². The van der Waals surface area contributed by atoms with Crippen molar-refractivity contribution >= 4 is 35.3 Å². The van der Waals surface area contributed by atoms with Crippen molar-refractivity contribution in [2.45, 2.75) is 19.4 Å². The van der Waals surface area contributed by atoms with Crippen LogP contribution in [0.25, 0.3) is 6.08 Å². The van der Waals surface area contributed by atoms with Crippen LogP contribution in [0.5, 0.6) is 11.5 Å². The highest BCUT2D eigenvalue weighted by Crippen LogP contribution is 2.30. The maximum atomic E-state index is 12.6. The summed E-state index contributed by atoms with van der Waals surface area (Å²) in [6.45, 7) is 0.668. The third kappa shape index (κ3) is 5.36. The molecule has 0 spiro atoms. The molecule has 1 heterocycles. The van der Waals surface area contributed by atoms with Crippen LogP contribution in [0.4, 0.5) is 0 Å². The molecule has 2 N–H and O–H groups in total. The van der Waals surface area contributed by atoms with E-state index in [1.807, 2.05) is 36.4 Å². The Balaban J connectivity index is 1.69. The van der Waals surface area contributed by atoms with E-state index in [0.717, 1.165) is 11.1 Å². The van der Waals surface area contributed by atoms with Gasteiger partial charge in [-0.05, 0) is 48.0 Å². The highest BCUT2D eigenvalue weighted by Gasteiger charge is 2.30. The number of carbonyl (C=O) groups is 2. The Labute approximate surface area is 179 Å². The van der Waals surface area contributed by atoms with Crippen molar-refractivity contribution in [1.82, 2.24) is 10.2 Å². The molecule has 2 aromatic carbocycles. The molecule has 156 valence electrons. The van der Waals surface area contributed by atoms with Crippen molar-refractivity contribution in [3.63, 3.8) is 0 Å². The smallest absolute Gasteiger partial charge is 0.303 e. The van der Waals surface area contributed by atoms with E-state index in [9.17, 15) is 9.59 Å². The summed E-state index contributed by atoms with van der Waals surface area (Å²) in [7, 11) is 1.56. The third-order valence-electron chi connectivity index (χ3n) is 4.47. The summed E-state index contributed by atoms with van der Waals surface area (Å²) >= 11 is 5.20. The SMILES string of the molecule is COc1cc(C=C2NC(=S)N(CCCC(=O)O)C2=O)ccc1OCc1ccccc1. The fourth-order valence-corrected chi connectivity index (χ4v) is 3.24. The molecule has 7 nitrogen and oxygen atoms in total. The lowest BCUT2D eigenvalue weighted by atomic mass is 10.1. The molecular formula is C22H22N2O5S. The Hall–Kier alpha value is -3.39. The van der Waals surface area contributed by atoms with E-state index in [0.29, 0.717) is 30.2 Å². The highest BCUT2D eigenvalue weighted by molar-refractivity contribution is 7.80. The summed E-state index contributed by atoms with van der Waals surface area (Å²) in [5.41, 5.74) is 2.11. The van der Waals surface area contributed by atoms with Gasteiger partial charge in [0.25, 0.3) is 5.91 Å². The normalized spacial score (nSPS) is 14.7. The average molecular weight is 426 g/mol. The molecule has 0 aliphatic carbocycles. The number of carboxylic acids is 1. The Morgan fingerprint density at radius 3 is 2.67 bits per heavy atom. The molecule has 8 heteroatoms. The second-order valence-electron chi connectivity index (χ2n) is 6.63. The van der Waals surface area contributed by atoms with Crippen LogP contribution in [0.1, 0.15) is 24.0 Å². The van der Waals surface area contributed by atoms with Crippen LogP contribution in [0, 0.1) is 0 Å². The fourth-order valence-electron chi connectivity index (χ4n) is 2.96. The highest BCUT2D eigenvalue weighted by atomic mass is 32.1. The van der Waals surface area contributed by atoms with Crippen molar-refractivity contribution in [3.8, 4) is 11.5 Å². The fraction of sp³-hybridized carbons (Fsp3) is 0.227. The van der Waals surface area contributed by atoms with Gasteiger partial charge in [0.2, 0.25) is 0 Å². The van der Waals surface area contributed by atoms with E-state index in [1.165, 1.54) is 4.90 Å². The lowest BCUT2D eigenvalue weighted by Gasteiger charge is -2.12. The largest absolute Gasteiger partial charge is 0.493 e. The maximum Gasteiger partial charge on any atom is 0.303 e. The van der Waals surface area contributed by atoms with Crippen molar-refractivity contribution in [2.24, 2.45) is 0 Å². The van der Waals surface area contributed by atoms with Crippen LogP contribution in [-0.4, -0.2) is 40.6 Å². The van der Waals surface area contributed by atoms with Gasteiger partial charge in [-0.1, -0.05) is 36.4 Å². The number of benzene rings is 2. The number of rotatable bonds is 9. The molecule has 1 fully saturated rings. The molecule has 1 saturated heterocycles. The van der Waals surface area contributed by atoms with Gasteiger partial charge in [-0.25, -0.2) is 0 Å². The summed E-state index contributed by atoms with van der Waals surface area (Å²) in [5.74, 6) is -0.0432. The van der Waals surface area contributed by atoms with Crippen LogP contribution in [0.2, 0.25) is 0 Å². The Morgan fingerprint density at radius 1 is 1.20 bits per heavy atom. The third-order valence-corrected chi connectivity index (χ3v) is 4.79. The number of nitrogens with zero attached hydrogens (tertiary/aromatic N) is 1. The number of hydrogen-bond donors (Lipinski definition) is 2. The summed E-state index contributed by atoms with van der Waals surface area (Å²) in [6.07, 6.45) is 1.99. The lowest BCUT2D eigenvalue weighted by molar-refractivity contribution is -0.137. The molecule has 1 aliphatic rings. The van der Waals surface area contributed by atoms with E-state index in [4.69, 9.17) is 26.8 Å². The topological polar surface area (TPSA) is 88.1 Å². The lowest BCUT2D eigenvalue weighted by Crippen LogP contribution is -2.31. The number of aliphatic carboxylic acids is 1. The minimum absolute atomic E-state index is 0.0208. The average Bonchev–Trinajstić information content (AvgIpc) is 3.00. The quantitative estimate of drug-likeness (QED) is 0.470. The molecule has 30 heavy (non-hydrogen) atoms. The van der Waals surface area contributed by atoms with E-state index in [2.05, 4.69) is 5.32 Å². The van der Waals surface area contributed by atoms with Gasteiger partial charge < -0.3 is 19.9 Å². The van der Waals surface area contributed by atoms with E-state index in [-0.39, 0.29) is 24.0 Å². The van der Waals surface area contributed by atoms with Gasteiger partial charge in [0, 0.05) is 13.0 Å². The summed E-state index contributed by atoms with van der Waals surface area (Å²) < 4.78 is 11.3. The Kier molecular flexibility index (Phi) is 7.03. The van der Waals surface area contributed by atoms with Crippen molar-refractivity contribution in [1.29, 1.82) is 0 Å². The maximum absolute atomic E-state index is 12.6. The number of thiocarbonyl (C=S) groups is 1. The molecule has 1 aliphatic heterocycles. The molecule has 1 amide bonds. The van der Waals surface area contributed by atoms with Crippen LogP contribution < -0.4 is 14.8 Å². The zero-order valence-electron chi connectivity index (χ0n) is 16.5. The zero-order chi connectivity index (χ0) is 21.5. The number of carboxylic acid groups (broad SMARTS) is 1. The first-order chi connectivity index (χ1) is 14.5. The van der Waals surface area contributed by atoms with Crippen molar-refractivity contribution < 1.29 is 24.2 Å². The first kappa shape index (κ1) is 21.3. The first-order valence-electron chi connectivity index (χ1n) is 9.39. The van der Waals surface area contributed by atoms with Crippen LogP contribution in [0.3, 0.4) is 0 Å². The first-order valence-corrected chi connectivity index (χ1v) is 9.80. The molecule has 0 atom stereocenters. The van der Waals surface area contributed by atoms with Gasteiger partial charge in [-0.15, -0.1) is 0 Å². The van der Waals surface area contributed by atoms with Gasteiger partial charge >= 0.3 is 5.97 Å². The van der Waals surface area contributed by atoms with Gasteiger partial charge in [-0.3, -0.25) is 14.5 Å². The van der Waals surface area contributed by atoms with Crippen LogP contribution in [-0.2, 0) is 16.2 Å². The number of ether oxygens (including phenoxy) is 2. The molecule has 0 saturated carbocycles. The predicted octanol–water partition coefficient (Wildman–Crippen LogP) is 3.20. The van der Waals surface area contributed by atoms with Crippen LogP contribution >= 0.6 is 12.2 Å². The molecular weight excluding hydrogens is 404 g/mol. The second-order valence-corrected chi connectivity index (χ2v) is 7.01. The minimum Gasteiger partial charge on any atom is -0.493 e. The van der Waals surface area contributed by atoms with Gasteiger partial charge in [0.15, 0.2) is 16.6 Å². The molecule has 3 rings (SSSR count). The van der Waals surface area contributed by atoms with Gasteiger partial charge in [0.05, 0.1) is 7.11 Å². The molecule has 0 aromatic heterocycles. The number of nitrogens with one attached hydrogen (secondary N) is 1. The Bertz CT molecular complexity index is 975. The molecule has 0 bridgehead atoms.